The van der Waals surface area contributed by atoms with Crippen LogP contribution < -0.4 is 0 Å². The molecule has 0 aliphatic rings. The van der Waals surface area contributed by atoms with E-state index in [4.69, 9.17) is 0 Å². The van der Waals surface area contributed by atoms with E-state index in [0.29, 0.717) is 0 Å². The summed E-state index contributed by atoms with van der Waals surface area (Å²) in [5.41, 5.74) is 1.54. The Morgan fingerprint density at radius 3 is 2.68 bits per heavy atom. The Morgan fingerprint density at radius 2 is 2.05 bits per heavy atom. The molecular weight excluding hydrogens is 272 g/mol. The molecule has 0 aliphatic heterocycles. The monoisotopic (exact) mass is 283 g/mol. The molecule has 1 aromatic heterocycles. The van der Waals surface area contributed by atoms with Gasteiger partial charge in [-0.1, -0.05) is 22.1 Å². The van der Waals surface area contributed by atoms with Gasteiger partial charge in [-0.05, 0) is 25.5 Å². The molecule has 2 rings (SSSR count). The molecule has 5 nitrogen and oxygen atoms in total. The van der Waals surface area contributed by atoms with Crippen molar-refractivity contribution in [3.63, 3.8) is 0 Å². The van der Waals surface area contributed by atoms with Crippen molar-refractivity contribution in [2.45, 2.75) is 24.2 Å². The van der Waals surface area contributed by atoms with Crippen LogP contribution in [0.1, 0.15) is 19.4 Å². The van der Waals surface area contributed by atoms with Crippen LogP contribution in [0.15, 0.2) is 24.3 Å². The minimum atomic E-state index is -0.498. The lowest BCUT2D eigenvalue weighted by Gasteiger charge is -2.22. The summed E-state index contributed by atoms with van der Waals surface area (Å²) in [7, 11) is 0. The predicted molar refractivity (Wildman–Crippen MR) is 72.1 cm³/mol. The van der Waals surface area contributed by atoms with Crippen LogP contribution in [0.5, 0.6) is 0 Å². The number of hydrogen-bond donors (Lipinski definition) is 0. The van der Waals surface area contributed by atoms with Crippen LogP contribution in [0.4, 0.5) is 0 Å². The molecule has 1 aromatic carbocycles. The molecule has 7 heteroatoms. The van der Waals surface area contributed by atoms with Gasteiger partial charge in [-0.15, -0.1) is 5.10 Å². The van der Waals surface area contributed by atoms with Crippen molar-refractivity contribution < 1.29 is 9.59 Å². The first kappa shape index (κ1) is 14.4. The molecule has 2 atom stereocenters. The molecule has 1 heterocycles. The zero-order valence-electron chi connectivity index (χ0n) is 10.5. The van der Waals surface area contributed by atoms with Gasteiger partial charge >= 0.3 is 0 Å². The molecule has 2 aromatic rings. The molecule has 0 aliphatic carbocycles. The molecule has 19 heavy (non-hydrogen) atoms. The second-order valence-corrected chi connectivity index (χ2v) is 5.91. The van der Waals surface area contributed by atoms with Gasteiger partial charge in [-0.3, -0.25) is 4.79 Å². The summed E-state index contributed by atoms with van der Waals surface area (Å²) in [6, 6.07) is 6.95. The third-order valence-corrected chi connectivity index (χ3v) is 3.74. The molecule has 2 unspecified atom stereocenters. The van der Waals surface area contributed by atoms with E-state index < -0.39 is 6.04 Å². The zero-order valence-corrected chi connectivity index (χ0v) is 12.8. The molecule has 4 radical (unpaired) electrons. The molecular formula is C12H11Al2N3O2. The Labute approximate surface area is 127 Å². The van der Waals surface area contributed by atoms with Crippen LogP contribution in [-0.2, 0) is 9.59 Å². The Bertz CT molecular complexity index is 626. The van der Waals surface area contributed by atoms with Gasteiger partial charge in [0.2, 0.25) is 16.3 Å². The predicted octanol–water partition coefficient (Wildman–Crippen LogP) is 0.604. The van der Waals surface area contributed by atoms with Gasteiger partial charge in [0.1, 0.15) is 27.8 Å². The zero-order chi connectivity index (χ0) is 14.0. The lowest BCUT2D eigenvalue weighted by molar-refractivity contribution is -0.120. The fourth-order valence-electron chi connectivity index (χ4n) is 2.09. The number of aromatic nitrogens is 3. The largest absolute Gasteiger partial charge is 0.324 e. The van der Waals surface area contributed by atoms with Crippen molar-refractivity contribution in [1.82, 2.24) is 15.0 Å². The topological polar surface area (TPSA) is 64.8 Å². The molecule has 0 bridgehead atoms. The van der Waals surface area contributed by atoms with Crippen LogP contribution in [0.25, 0.3) is 11.0 Å². The number of rotatable bonds is 5. The van der Waals surface area contributed by atoms with Gasteiger partial charge in [0.15, 0.2) is 5.78 Å². The average molecular weight is 283 g/mol. The lowest BCUT2D eigenvalue weighted by atomic mass is 10.1. The molecule has 0 saturated carbocycles. The number of para-hydroxylation sites is 1. The van der Waals surface area contributed by atoms with Crippen molar-refractivity contribution in [3.05, 3.63) is 24.3 Å². The molecule has 0 N–H and O–H groups in total. The summed E-state index contributed by atoms with van der Waals surface area (Å²) >= 11 is 4.69. The number of benzene rings is 1. The highest BCUT2D eigenvalue weighted by molar-refractivity contribution is 6.58. The number of ketones is 1. The summed E-state index contributed by atoms with van der Waals surface area (Å²) in [5.74, 6) is -0.0399. The summed E-state index contributed by atoms with van der Waals surface area (Å²) < 4.78 is 1.37. The van der Waals surface area contributed by atoms with Crippen LogP contribution in [0, 0.1) is 0 Å². The molecule has 0 saturated heterocycles. The number of nitrogens with zero attached hydrogens (tertiary/aromatic N) is 3. The SMILES string of the molecule is CC(=O)C([CH]([Al])C[C](=O)[Al])n1nnc2ccccc21. The summed E-state index contributed by atoms with van der Waals surface area (Å²) in [4.78, 5) is 23.1. The van der Waals surface area contributed by atoms with Gasteiger partial charge in [0.05, 0.1) is 5.52 Å². The second kappa shape index (κ2) is 5.99. The van der Waals surface area contributed by atoms with Crippen LogP contribution >= 0.6 is 0 Å². The molecule has 0 fully saturated rings. The first-order valence-corrected chi connectivity index (χ1v) is 7.09. The van der Waals surface area contributed by atoms with E-state index in [9.17, 15) is 9.59 Å². The van der Waals surface area contributed by atoms with Crippen LogP contribution in [0.3, 0.4) is 0 Å². The first-order valence-electron chi connectivity index (χ1n) is 5.85. The van der Waals surface area contributed by atoms with Gasteiger partial charge in [-0.25, -0.2) is 4.68 Å². The number of Topliss-reactive ketones (excluding diaryl/α,β-unsaturated/α-hetero) is 1. The number of carbonyl (C=O) groups is 2. The fourth-order valence-corrected chi connectivity index (χ4v) is 3.30. The maximum Gasteiger partial charge on any atom is 0.241 e. The third kappa shape index (κ3) is 3.13. The summed E-state index contributed by atoms with van der Waals surface area (Å²) in [5, 5.41) is 8.10. The van der Waals surface area contributed by atoms with Crippen molar-refractivity contribution in [2.24, 2.45) is 0 Å². The van der Waals surface area contributed by atoms with Gasteiger partial charge < -0.3 is 4.79 Å². The van der Waals surface area contributed by atoms with Gasteiger partial charge in [0.25, 0.3) is 0 Å². The van der Waals surface area contributed by atoms with E-state index >= 15 is 0 Å². The maximum atomic E-state index is 11.9. The first-order chi connectivity index (χ1) is 9.00. The van der Waals surface area contributed by atoms with Crippen LogP contribution in [0.2, 0.25) is 4.78 Å². The van der Waals surface area contributed by atoms with Gasteiger partial charge in [-0.2, -0.15) is 0 Å². The van der Waals surface area contributed by atoms with Crippen molar-refractivity contribution in [1.29, 1.82) is 0 Å². The Balaban J connectivity index is 2.44. The van der Waals surface area contributed by atoms with E-state index in [2.05, 4.69) is 42.9 Å². The second-order valence-electron chi connectivity index (χ2n) is 4.41. The van der Waals surface area contributed by atoms with E-state index in [1.54, 1.807) is 4.68 Å². The average Bonchev–Trinajstić information content (AvgIpc) is 2.72. The fraction of sp³-hybridized carbons (Fsp3) is 0.333. The maximum absolute atomic E-state index is 11.9. The Morgan fingerprint density at radius 1 is 1.37 bits per heavy atom. The smallest absolute Gasteiger partial charge is 0.241 e. The van der Waals surface area contributed by atoms with Crippen molar-refractivity contribution >= 4 is 54.0 Å². The number of hydrogen-bond acceptors (Lipinski definition) is 4. The quantitative estimate of drug-likeness (QED) is 0.754. The van der Waals surface area contributed by atoms with E-state index in [1.165, 1.54) is 6.92 Å². The normalized spacial score (nSPS) is 14.2. The summed E-state index contributed by atoms with van der Waals surface area (Å²) in [6.45, 7) is 1.51. The molecule has 0 amide bonds. The van der Waals surface area contributed by atoms with E-state index in [0.717, 1.165) is 11.0 Å². The summed E-state index contributed by atoms with van der Waals surface area (Å²) in [6.07, 6.45) is 0.285. The molecule has 92 valence electrons. The highest BCUT2D eigenvalue weighted by atomic mass is 27.1. The van der Waals surface area contributed by atoms with Gasteiger partial charge in [0, 0.05) is 4.65 Å². The Kier molecular flexibility index (Phi) is 4.55. The highest BCUT2D eigenvalue weighted by Gasteiger charge is 2.25. The standard InChI is InChI=1S/C12H11N3O2.2Al/c1-9(17)11(7-4-8-16)15-12-6-3-2-5-10(12)13-14-15;;/h2-3,5-7,11H,4H2,1H3;;. The van der Waals surface area contributed by atoms with Crippen molar-refractivity contribution in [2.75, 3.05) is 0 Å². The molecule has 0 spiro atoms. The van der Waals surface area contributed by atoms with E-state index in [1.807, 2.05) is 24.3 Å². The highest BCUT2D eigenvalue weighted by Crippen LogP contribution is 2.27. The number of carbonyl (C=O) groups excluding carboxylic acids is 2. The number of fused-ring (bicyclic) bond motifs is 1. The van der Waals surface area contributed by atoms with Crippen LogP contribution in [-0.4, -0.2) is 58.0 Å². The Hall–Kier alpha value is -0.975. The van der Waals surface area contributed by atoms with E-state index in [-0.39, 0.29) is 21.6 Å². The third-order valence-electron chi connectivity index (χ3n) is 2.90. The minimum absolute atomic E-state index is 0.0318. The minimum Gasteiger partial charge on any atom is -0.324 e. The lowest BCUT2D eigenvalue weighted by Crippen LogP contribution is -2.25. The van der Waals surface area contributed by atoms with Crippen molar-refractivity contribution in [3.8, 4) is 0 Å².